The Bertz CT molecular complexity index is 1230. The number of sulfonamides is 1. The topological polar surface area (TPSA) is 84.5 Å². The molecule has 0 atom stereocenters. The summed E-state index contributed by atoms with van der Waals surface area (Å²) in [6.45, 7) is 3.59. The normalized spacial score (nSPS) is 12.8. The zero-order chi connectivity index (χ0) is 22.7. The first-order chi connectivity index (χ1) is 15.3. The third kappa shape index (κ3) is 4.94. The number of amides is 1. The van der Waals surface area contributed by atoms with Gasteiger partial charge in [-0.25, -0.2) is 8.42 Å². The van der Waals surface area contributed by atoms with Crippen LogP contribution in [0.25, 0.3) is 0 Å². The van der Waals surface area contributed by atoms with Gasteiger partial charge in [-0.15, -0.1) is 0 Å². The number of anilines is 2. The first-order valence-electron chi connectivity index (χ1n) is 10.6. The maximum atomic E-state index is 12.8. The molecule has 4 rings (SSSR count). The third-order valence-corrected chi connectivity index (χ3v) is 6.97. The fourth-order valence-corrected chi connectivity index (χ4v) is 5.07. The molecular weight excluding hydrogens is 424 g/mol. The zero-order valence-electron chi connectivity index (χ0n) is 18.1. The quantitative estimate of drug-likeness (QED) is 0.551. The van der Waals surface area contributed by atoms with Gasteiger partial charge in [0.25, 0.3) is 15.9 Å². The Kier molecular flexibility index (Phi) is 6.19. The van der Waals surface area contributed by atoms with E-state index in [0.717, 1.165) is 30.4 Å². The van der Waals surface area contributed by atoms with Crippen molar-refractivity contribution in [2.75, 3.05) is 16.6 Å². The van der Waals surface area contributed by atoms with Gasteiger partial charge in [0.15, 0.2) is 6.61 Å². The van der Waals surface area contributed by atoms with Gasteiger partial charge in [-0.05, 0) is 91.8 Å². The Morgan fingerprint density at radius 1 is 0.938 bits per heavy atom. The van der Waals surface area contributed by atoms with Gasteiger partial charge in [0.1, 0.15) is 5.75 Å². The number of carbonyl (C=O) groups is 1. The van der Waals surface area contributed by atoms with Gasteiger partial charge in [-0.1, -0.05) is 24.3 Å². The SMILES string of the molecule is Cc1cccc(C)c1NS(=O)(=O)c1ccc(NC(=O)COc2ccc3c(c2)CCC3)cc1. The lowest BCUT2D eigenvalue weighted by Crippen LogP contribution is -2.20. The minimum Gasteiger partial charge on any atom is -0.484 e. The molecular formula is C25H26N2O4S. The van der Waals surface area contributed by atoms with Crippen molar-refractivity contribution in [1.82, 2.24) is 0 Å². The number of ether oxygens (including phenoxy) is 1. The van der Waals surface area contributed by atoms with Crippen LogP contribution in [0.2, 0.25) is 0 Å². The Morgan fingerprint density at radius 3 is 2.34 bits per heavy atom. The number of hydrogen-bond acceptors (Lipinski definition) is 4. The molecule has 0 radical (unpaired) electrons. The smallest absolute Gasteiger partial charge is 0.262 e. The van der Waals surface area contributed by atoms with Crippen molar-refractivity contribution < 1.29 is 17.9 Å². The maximum absolute atomic E-state index is 12.8. The van der Waals surface area contributed by atoms with E-state index in [0.29, 0.717) is 17.1 Å². The van der Waals surface area contributed by atoms with Crippen molar-refractivity contribution in [3.05, 3.63) is 82.9 Å². The second kappa shape index (κ2) is 9.04. The molecule has 0 fully saturated rings. The number of aryl methyl sites for hydroxylation is 4. The molecule has 0 bridgehead atoms. The van der Waals surface area contributed by atoms with E-state index in [1.807, 2.05) is 44.2 Å². The number of carbonyl (C=O) groups excluding carboxylic acids is 1. The number of nitrogens with one attached hydrogen (secondary N) is 2. The van der Waals surface area contributed by atoms with Crippen LogP contribution in [0.3, 0.4) is 0 Å². The van der Waals surface area contributed by atoms with E-state index in [1.165, 1.54) is 23.3 Å². The molecule has 1 amide bonds. The Morgan fingerprint density at radius 2 is 1.62 bits per heavy atom. The number of rotatable bonds is 7. The van der Waals surface area contributed by atoms with Crippen LogP contribution in [0.5, 0.6) is 5.75 Å². The molecule has 3 aromatic carbocycles. The van der Waals surface area contributed by atoms with Crippen molar-refractivity contribution >= 4 is 27.3 Å². The van der Waals surface area contributed by atoms with E-state index in [1.54, 1.807) is 12.1 Å². The summed E-state index contributed by atoms with van der Waals surface area (Å²) in [6.07, 6.45) is 3.30. The van der Waals surface area contributed by atoms with Gasteiger partial charge in [-0.3, -0.25) is 9.52 Å². The molecule has 3 aromatic rings. The van der Waals surface area contributed by atoms with Crippen LogP contribution in [0.4, 0.5) is 11.4 Å². The summed E-state index contributed by atoms with van der Waals surface area (Å²) in [4.78, 5) is 12.4. The Hall–Kier alpha value is -3.32. The predicted molar refractivity (Wildman–Crippen MR) is 126 cm³/mol. The molecule has 0 spiro atoms. The van der Waals surface area contributed by atoms with Crippen LogP contribution >= 0.6 is 0 Å². The van der Waals surface area contributed by atoms with Crippen molar-refractivity contribution in [3.63, 3.8) is 0 Å². The van der Waals surface area contributed by atoms with E-state index in [9.17, 15) is 13.2 Å². The molecule has 7 heteroatoms. The molecule has 32 heavy (non-hydrogen) atoms. The number of benzene rings is 3. The van der Waals surface area contributed by atoms with Crippen LogP contribution in [0.1, 0.15) is 28.7 Å². The van der Waals surface area contributed by atoms with Gasteiger partial charge in [0, 0.05) is 5.69 Å². The Balaban J connectivity index is 1.36. The van der Waals surface area contributed by atoms with Crippen LogP contribution in [-0.4, -0.2) is 20.9 Å². The minimum absolute atomic E-state index is 0.118. The summed E-state index contributed by atoms with van der Waals surface area (Å²) in [6, 6.07) is 17.6. The molecule has 0 saturated carbocycles. The Labute approximate surface area is 188 Å². The summed E-state index contributed by atoms with van der Waals surface area (Å²) in [7, 11) is -3.74. The fraction of sp³-hybridized carbons (Fsp3) is 0.240. The predicted octanol–water partition coefficient (Wildman–Crippen LogP) is 4.61. The summed E-state index contributed by atoms with van der Waals surface area (Å²) >= 11 is 0. The van der Waals surface area contributed by atoms with E-state index < -0.39 is 10.0 Å². The number of hydrogen-bond donors (Lipinski definition) is 2. The standard InChI is InChI=1S/C25H26N2O4S/c1-17-5-3-6-18(2)25(17)27-32(29,30)23-13-10-21(11-14-23)26-24(28)16-31-22-12-9-19-7-4-8-20(19)15-22/h3,5-6,9-15,27H,4,7-8,16H2,1-2H3,(H,26,28). The monoisotopic (exact) mass is 450 g/mol. The van der Waals surface area contributed by atoms with Crippen LogP contribution < -0.4 is 14.8 Å². The largest absolute Gasteiger partial charge is 0.484 e. The maximum Gasteiger partial charge on any atom is 0.262 e. The highest BCUT2D eigenvalue weighted by molar-refractivity contribution is 7.92. The molecule has 6 nitrogen and oxygen atoms in total. The molecule has 0 aliphatic heterocycles. The molecule has 0 aromatic heterocycles. The van der Waals surface area contributed by atoms with Gasteiger partial charge < -0.3 is 10.1 Å². The number of fused-ring (bicyclic) bond motifs is 1. The van der Waals surface area contributed by atoms with Gasteiger partial charge >= 0.3 is 0 Å². The summed E-state index contributed by atoms with van der Waals surface area (Å²) in [5, 5.41) is 2.73. The first-order valence-corrected chi connectivity index (χ1v) is 12.0. The van der Waals surface area contributed by atoms with E-state index in [-0.39, 0.29) is 17.4 Å². The van der Waals surface area contributed by atoms with Crippen molar-refractivity contribution in [2.45, 2.75) is 38.0 Å². The summed E-state index contributed by atoms with van der Waals surface area (Å²) in [5.74, 6) is 0.370. The highest BCUT2D eigenvalue weighted by Gasteiger charge is 2.17. The second-order valence-electron chi connectivity index (χ2n) is 8.02. The molecule has 166 valence electrons. The van der Waals surface area contributed by atoms with Crippen LogP contribution in [-0.2, 0) is 27.7 Å². The molecule has 0 saturated heterocycles. The first kappa shape index (κ1) is 21.9. The fourth-order valence-electron chi connectivity index (χ4n) is 3.87. The molecule has 2 N–H and O–H groups in total. The summed E-state index contributed by atoms with van der Waals surface area (Å²) < 4.78 is 33.8. The average Bonchev–Trinajstić information content (AvgIpc) is 3.23. The highest BCUT2D eigenvalue weighted by Crippen LogP contribution is 2.26. The molecule has 0 unspecified atom stereocenters. The van der Waals surface area contributed by atoms with Crippen molar-refractivity contribution in [3.8, 4) is 5.75 Å². The lowest BCUT2D eigenvalue weighted by molar-refractivity contribution is -0.118. The molecule has 0 heterocycles. The zero-order valence-corrected chi connectivity index (χ0v) is 19.0. The van der Waals surface area contributed by atoms with Crippen LogP contribution in [0.15, 0.2) is 65.6 Å². The number of para-hydroxylation sites is 1. The molecule has 1 aliphatic carbocycles. The van der Waals surface area contributed by atoms with Gasteiger partial charge in [0.05, 0.1) is 10.6 Å². The minimum atomic E-state index is -3.74. The van der Waals surface area contributed by atoms with Gasteiger partial charge in [0.2, 0.25) is 0 Å². The highest BCUT2D eigenvalue weighted by atomic mass is 32.2. The van der Waals surface area contributed by atoms with E-state index in [4.69, 9.17) is 4.74 Å². The van der Waals surface area contributed by atoms with E-state index in [2.05, 4.69) is 16.1 Å². The van der Waals surface area contributed by atoms with Crippen molar-refractivity contribution in [1.29, 1.82) is 0 Å². The van der Waals surface area contributed by atoms with Crippen molar-refractivity contribution in [2.24, 2.45) is 0 Å². The lowest BCUT2D eigenvalue weighted by Gasteiger charge is -2.13. The van der Waals surface area contributed by atoms with Crippen LogP contribution in [0, 0.1) is 13.8 Å². The average molecular weight is 451 g/mol. The second-order valence-corrected chi connectivity index (χ2v) is 9.70. The lowest BCUT2D eigenvalue weighted by atomic mass is 10.1. The van der Waals surface area contributed by atoms with E-state index >= 15 is 0 Å². The molecule has 1 aliphatic rings. The summed E-state index contributed by atoms with van der Waals surface area (Å²) in [5.41, 5.74) is 5.41. The van der Waals surface area contributed by atoms with Gasteiger partial charge in [-0.2, -0.15) is 0 Å². The third-order valence-electron chi connectivity index (χ3n) is 5.61.